The monoisotopic (exact) mass is 295 g/mol. The van der Waals surface area contributed by atoms with Crippen LogP contribution < -0.4 is 0 Å². The smallest absolute Gasteiger partial charge is 0.303 e. The molecule has 3 heteroatoms. The van der Waals surface area contributed by atoms with Crippen LogP contribution in [0.1, 0.15) is 78.1 Å². The average Bonchev–Trinajstić information content (AvgIpc) is 2.37. The first-order chi connectivity index (χ1) is 10.0. The molecule has 0 spiro atoms. The van der Waals surface area contributed by atoms with Crippen LogP contribution in [-0.4, -0.2) is 35.6 Å². The van der Waals surface area contributed by atoms with E-state index in [1.165, 1.54) is 58.0 Å². The zero-order chi connectivity index (χ0) is 15.3. The molecule has 0 aromatic rings. The molecule has 2 fully saturated rings. The molecule has 1 aliphatic heterocycles. The van der Waals surface area contributed by atoms with E-state index in [4.69, 9.17) is 0 Å². The Balaban J connectivity index is 1.92. The molecule has 0 atom stereocenters. The summed E-state index contributed by atoms with van der Waals surface area (Å²) in [6.45, 7) is 8.00. The Hall–Kier alpha value is -0.570. The minimum atomic E-state index is -0.606. The van der Waals surface area contributed by atoms with Crippen LogP contribution >= 0.6 is 0 Å². The van der Waals surface area contributed by atoms with Crippen molar-refractivity contribution in [1.29, 1.82) is 0 Å². The Labute approximate surface area is 130 Å². The molecule has 0 unspecified atom stereocenters. The van der Waals surface area contributed by atoms with Gasteiger partial charge in [-0.15, -0.1) is 0 Å². The highest BCUT2D eigenvalue weighted by Gasteiger charge is 2.45. The van der Waals surface area contributed by atoms with Gasteiger partial charge in [0.25, 0.3) is 0 Å². The fourth-order valence-electron chi connectivity index (χ4n) is 5.00. The lowest BCUT2D eigenvalue weighted by molar-refractivity contribution is -0.142. The summed E-state index contributed by atoms with van der Waals surface area (Å²) >= 11 is 0. The van der Waals surface area contributed by atoms with Gasteiger partial charge in [0.15, 0.2) is 0 Å². The molecule has 21 heavy (non-hydrogen) atoms. The second-order valence-corrected chi connectivity index (χ2v) is 7.78. The lowest BCUT2D eigenvalue weighted by atomic mass is 9.68. The van der Waals surface area contributed by atoms with Gasteiger partial charge in [0.2, 0.25) is 0 Å². The molecule has 1 aliphatic carbocycles. The Morgan fingerprint density at radius 2 is 1.57 bits per heavy atom. The van der Waals surface area contributed by atoms with Crippen molar-refractivity contribution in [1.82, 2.24) is 4.90 Å². The lowest BCUT2D eigenvalue weighted by Crippen LogP contribution is -2.59. The Kier molecular flexibility index (Phi) is 5.70. The van der Waals surface area contributed by atoms with E-state index in [1.54, 1.807) is 0 Å². The number of hydrogen-bond donors (Lipinski definition) is 1. The molecule has 0 bridgehead atoms. The van der Waals surface area contributed by atoms with Crippen LogP contribution in [-0.2, 0) is 4.79 Å². The van der Waals surface area contributed by atoms with Crippen molar-refractivity contribution in [3.05, 3.63) is 0 Å². The van der Waals surface area contributed by atoms with Gasteiger partial charge >= 0.3 is 5.97 Å². The second kappa shape index (κ2) is 7.13. The molecule has 2 aliphatic rings. The molecule has 1 heterocycles. The number of carboxylic acids is 1. The minimum absolute atomic E-state index is 0.0642. The average molecular weight is 295 g/mol. The molecular weight excluding hydrogens is 262 g/mol. The van der Waals surface area contributed by atoms with E-state index in [0.717, 1.165) is 19.4 Å². The molecule has 1 saturated carbocycles. The van der Waals surface area contributed by atoms with Gasteiger partial charge in [0, 0.05) is 19.6 Å². The van der Waals surface area contributed by atoms with Gasteiger partial charge in [-0.2, -0.15) is 0 Å². The van der Waals surface area contributed by atoms with Crippen molar-refractivity contribution >= 4 is 5.97 Å². The SMILES string of the molecule is CCCC1(CCC)CN(CC2(CC(=O)O)CCCCC2)C1. The minimum Gasteiger partial charge on any atom is -0.481 e. The fourth-order valence-corrected chi connectivity index (χ4v) is 5.00. The second-order valence-electron chi connectivity index (χ2n) is 7.78. The highest BCUT2D eigenvalue weighted by Crippen LogP contribution is 2.45. The number of likely N-dealkylation sites (tertiary alicyclic amines) is 1. The number of aliphatic carboxylic acids is 1. The van der Waals surface area contributed by atoms with Crippen molar-refractivity contribution < 1.29 is 9.90 Å². The molecule has 1 N–H and O–H groups in total. The summed E-state index contributed by atoms with van der Waals surface area (Å²) in [7, 11) is 0. The standard InChI is InChI=1S/C18H33NO2/c1-3-8-18(9-4-2)14-19(15-18)13-17(12-16(20)21)10-6-5-7-11-17/h3-15H2,1-2H3,(H,20,21). The van der Waals surface area contributed by atoms with E-state index in [2.05, 4.69) is 18.7 Å². The quantitative estimate of drug-likeness (QED) is 0.725. The molecule has 0 aromatic carbocycles. The predicted molar refractivity (Wildman–Crippen MR) is 86.5 cm³/mol. The molecule has 2 rings (SSSR count). The van der Waals surface area contributed by atoms with Gasteiger partial charge in [0.05, 0.1) is 6.42 Å². The first-order valence-corrected chi connectivity index (χ1v) is 8.97. The largest absolute Gasteiger partial charge is 0.481 e. The van der Waals surface area contributed by atoms with Crippen LogP contribution in [0.4, 0.5) is 0 Å². The summed E-state index contributed by atoms with van der Waals surface area (Å²) in [6, 6.07) is 0. The normalized spacial score (nSPS) is 24.5. The van der Waals surface area contributed by atoms with Gasteiger partial charge in [-0.1, -0.05) is 46.0 Å². The summed E-state index contributed by atoms with van der Waals surface area (Å²) in [6.07, 6.45) is 11.5. The maximum Gasteiger partial charge on any atom is 0.303 e. The van der Waals surface area contributed by atoms with Crippen molar-refractivity contribution in [3.8, 4) is 0 Å². The van der Waals surface area contributed by atoms with E-state index < -0.39 is 5.97 Å². The van der Waals surface area contributed by atoms with E-state index in [-0.39, 0.29) is 5.41 Å². The van der Waals surface area contributed by atoms with E-state index in [0.29, 0.717) is 11.8 Å². The number of hydrogen-bond acceptors (Lipinski definition) is 2. The van der Waals surface area contributed by atoms with Gasteiger partial charge in [-0.05, 0) is 36.5 Å². The summed E-state index contributed by atoms with van der Waals surface area (Å²) in [5, 5.41) is 9.29. The molecular formula is C18H33NO2. The van der Waals surface area contributed by atoms with Gasteiger partial charge < -0.3 is 10.0 Å². The van der Waals surface area contributed by atoms with Crippen molar-refractivity contribution in [3.63, 3.8) is 0 Å². The number of carbonyl (C=O) groups is 1. The lowest BCUT2D eigenvalue weighted by Gasteiger charge is -2.54. The maximum absolute atomic E-state index is 11.3. The first-order valence-electron chi connectivity index (χ1n) is 8.97. The highest BCUT2D eigenvalue weighted by molar-refractivity contribution is 5.67. The Bertz CT molecular complexity index is 333. The van der Waals surface area contributed by atoms with Crippen molar-refractivity contribution in [2.45, 2.75) is 78.1 Å². The summed E-state index contributed by atoms with van der Waals surface area (Å²) in [5.74, 6) is -0.606. The zero-order valence-electron chi connectivity index (χ0n) is 14.0. The molecule has 0 radical (unpaired) electrons. The van der Waals surface area contributed by atoms with Gasteiger partial charge in [-0.3, -0.25) is 4.79 Å². The van der Waals surface area contributed by atoms with Gasteiger partial charge in [-0.25, -0.2) is 0 Å². The van der Waals surface area contributed by atoms with Crippen LogP contribution in [0.5, 0.6) is 0 Å². The number of rotatable bonds is 8. The topological polar surface area (TPSA) is 40.5 Å². The predicted octanol–water partition coefficient (Wildman–Crippen LogP) is 4.31. The molecule has 0 amide bonds. The van der Waals surface area contributed by atoms with E-state index in [1.807, 2.05) is 0 Å². The third-order valence-electron chi connectivity index (χ3n) is 5.68. The maximum atomic E-state index is 11.3. The Morgan fingerprint density at radius 1 is 1.00 bits per heavy atom. The number of carboxylic acid groups (broad SMARTS) is 1. The van der Waals surface area contributed by atoms with Crippen molar-refractivity contribution in [2.75, 3.05) is 19.6 Å². The van der Waals surface area contributed by atoms with Crippen LogP contribution in [0, 0.1) is 10.8 Å². The third-order valence-corrected chi connectivity index (χ3v) is 5.68. The highest BCUT2D eigenvalue weighted by atomic mass is 16.4. The molecule has 0 aromatic heterocycles. The van der Waals surface area contributed by atoms with Crippen LogP contribution in [0.3, 0.4) is 0 Å². The molecule has 122 valence electrons. The summed E-state index contributed by atoms with van der Waals surface area (Å²) in [5.41, 5.74) is 0.608. The van der Waals surface area contributed by atoms with Crippen molar-refractivity contribution in [2.24, 2.45) is 10.8 Å². The van der Waals surface area contributed by atoms with Crippen LogP contribution in [0.15, 0.2) is 0 Å². The molecule has 1 saturated heterocycles. The van der Waals surface area contributed by atoms with Gasteiger partial charge in [0.1, 0.15) is 0 Å². The van der Waals surface area contributed by atoms with E-state index in [9.17, 15) is 9.90 Å². The number of nitrogens with zero attached hydrogens (tertiary/aromatic N) is 1. The first kappa shape index (κ1) is 16.8. The zero-order valence-corrected chi connectivity index (χ0v) is 14.0. The Morgan fingerprint density at radius 3 is 2.05 bits per heavy atom. The van der Waals surface area contributed by atoms with Crippen LogP contribution in [0.2, 0.25) is 0 Å². The molecule has 3 nitrogen and oxygen atoms in total. The summed E-state index contributed by atoms with van der Waals surface area (Å²) < 4.78 is 0. The van der Waals surface area contributed by atoms with E-state index >= 15 is 0 Å². The van der Waals surface area contributed by atoms with Crippen LogP contribution in [0.25, 0.3) is 0 Å². The third kappa shape index (κ3) is 4.21. The summed E-state index contributed by atoms with van der Waals surface area (Å²) in [4.78, 5) is 13.8. The fraction of sp³-hybridized carbons (Fsp3) is 0.944.